The van der Waals surface area contributed by atoms with Crippen LogP contribution in [0.3, 0.4) is 0 Å². The van der Waals surface area contributed by atoms with Gasteiger partial charge in [-0.3, -0.25) is 14.5 Å². The van der Waals surface area contributed by atoms with Crippen molar-refractivity contribution >= 4 is 11.8 Å². The molecule has 0 aliphatic carbocycles. The molecule has 1 N–H and O–H groups in total. The summed E-state index contributed by atoms with van der Waals surface area (Å²) < 4.78 is 0. The number of fused-ring (bicyclic) bond motifs is 1. The molecule has 0 radical (unpaired) electrons. The van der Waals surface area contributed by atoms with Gasteiger partial charge in [0.2, 0.25) is 0 Å². The van der Waals surface area contributed by atoms with Gasteiger partial charge in [-0.25, -0.2) is 0 Å². The van der Waals surface area contributed by atoms with Crippen molar-refractivity contribution in [3.8, 4) is 0 Å². The first-order valence-electron chi connectivity index (χ1n) is 6.57. The van der Waals surface area contributed by atoms with Gasteiger partial charge in [0.15, 0.2) is 0 Å². The molecule has 0 spiro atoms. The van der Waals surface area contributed by atoms with Crippen LogP contribution in [0.2, 0.25) is 0 Å². The van der Waals surface area contributed by atoms with Crippen LogP contribution in [0.15, 0.2) is 24.3 Å². The lowest BCUT2D eigenvalue weighted by Gasteiger charge is -2.37. The van der Waals surface area contributed by atoms with Gasteiger partial charge < -0.3 is 5.11 Å². The molecule has 0 saturated heterocycles. The third-order valence-electron chi connectivity index (χ3n) is 3.75. The molecule has 1 unspecified atom stereocenters. The van der Waals surface area contributed by atoms with E-state index in [9.17, 15) is 14.7 Å². The van der Waals surface area contributed by atoms with E-state index < -0.39 is 11.6 Å². The molecule has 4 heteroatoms. The van der Waals surface area contributed by atoms with E-state index in [1.54, 1.807) is 38.1 Å². The van der Waals surface area contributed by atoms with Crippen LogP contribution in [0.25, 0.3) is 0 Å². The van der Waals surface area contributed by atoms with Gasteiger partial charge in [0.05, 0.1) is 22.8 Å². The van der Waals surface area contributed by atoms with Crippen molar-refractivity contribution in [3.05, 3.63) is 35.4 Å². The van der Waals surface area contributed by atoms with Crippen LogP contribution in [0.1, 0.15) is 54.3 Å². The van der Waals surface area contributed by atoms with E-state index >= 15 is 0 Å². The summed E-state index contributed by atoms with van der Waals surface area (Å²) in [6, 6.07) is 6.78. The third-order valence-corrected chi connectivity index (χ3v) is 3.75. The molecule has 1 aromatic rings. The van der Waals surface area contributed by atoms with E-state index in [-0.39, 0.29) is 11.8 Å². The summed E-state index contributed by atoms with van der Waals surface area (Å²) in [5.74, 6) is -0.637. The van der Waals surface area contributed by atoms with E-state index in [0.29, 0.717) is 17.5 Å². The minimum atomic E-state index is -0.900. The number of carbonyl (C=O) groups excluding carboxylic acids is 2. The average Bonchev–Trinajstić information content (AvgIpc) is 2.63. The lowest BCUT2D eigenvalue weighted by molar-refractivity contribution is 0.000391. The molecule has 0 saturated carbocycles. The molecular weight excluding hydrogens is 242 g/mol. The normalized spacial score (nSPS) is 16.7. The number of amides is 2. The number of aliphatic hydroxyl groups is 1. The maximum absolute atomic E-state index is 12.4. The van der Waals surface area contributed by atoms with Gasteiger partial charge in [0, 0.05) is 0 Å². The van der Waals surface area contributed by atoms with Gasteiger partial charge in [-0.15, -0.1) is 0 Å². The van der Waals surface area contributed by atoms with Gasteiger partial charge in [0.1, 0.15) is 0 Å². The van der Waals surface area contributed by atoms with Gasteiger partial charge in [-0.1, -0.05) is 25.5 Å². The topological polar surface area (TPSA) is 57.6 Å². The lowest BCUT2D eigenvalue weighted by Crippen LogP contribution is -2.54. The summed E-state index contributed by atoms with van der Waals surface area (Å²) in [4.78, 5) is 25.9. The van der Waals surface area contributed by atoms with Crippen LogP contribution in [-0.2, 0) is 0 Å². The molecule has 4 nitrogen and oxygen atoms in total. The fourth-order valence-electron chi connectivity index (χ4n) is 2.49. The summed E-state index contributed by atoms with van der Waals surface area (Å²) >= 11 is 0. The van der Waals surface area contributed by atoms with Crippen molar-refractivity contribution in [2.75, 3.05) is 0 Å². The smallest absolute Gasteiger partial charge is 0.262 e. The van der Waals surface area contributed by atoms with Gasteiger partial charge in [0.25, 0.3) is 11.8 Å². The van der Waals surface area contributed by atoms with Crippen molar-refractivity contribution in [1.29, 1.82) is 0 Å². The van der Waals surface area contributed by atoms with Crippen molar-refractivity contribution in [1.82, 2.24) is 4.90 Å². The van der Waals surface area contributed by atoms with Crippen LogP contribution in [0.4, 0.5) is 0 Å². The fourth-order valence-corrected chi connectivity index (χ4v) is 2.49. The molecule has 1 aromatic carbocycles. The Bertz CT molecular complexity index is 487. The second-order valence-electron chi connectivity index (χ2n) is 5.45. The first kappa shape index (κ1) is 13.7. The molecule has 1 heterocycles. The van der Waals surface area contributed by atoms with E-state index in [1.807, 2.05) is 6.92 Å². The van der Waals surface area contributed by atoms with E-state index in [4.69, 9.17) is 0 Å². The standard InChI is InChI=1S/C15H19NO3/c1-4-7-12(17)15(2,3)16-13(18)10-8-5-6-9-11(10)14(16)19/h5-6,8-9,12,17H,4,7H2,1-3H3. The van der Waals surface area contributed by atoms with Crippen molar-refractivity contribution in [2.24, 2.45) is 0 Å². The highest BCUT2D eigenvalue weighted by molar-refractivity contribution is 6.21. The molecule has 0 fully saturated rings. The second kappa shape index (κ2) is 4.78. The Kier molecular flexibility index (Phi) is 3.45. The van der Waals surface area contributed by atoms with Crippen LogP contribution in [-0.4, -0.2) is 33.5 Å². The van der Waals surface area contributed by atoms with Gasteiger partial charge >= 0.3 is 0 Å². The predicted octanol–water partition coefficient (Wildman–Crippen LogP) is 2.22. The zero-order valence-electron chi connectivity index (χ0n) is 11.5. The molecule has 2 rings (SSSR count). The summed E-state index contributed by atoms with van der Waals surface area (Å²) in [7, 11) is 0. The molecule has 2 amide bonds. The predicted molar refractivity (Wildman–Crippen MR) is 71.9 cm³/mol. The maximum atomic E-state index is 12.4. The van der Waals surface area contributed by atoms with E-state index in [1.165, 1.54) is 4.90 Å². The zero-order valence-corrected chi connectivity index (χ0v) is 11.5. The van der Waals surface area contributed by atoms with Crippen LogP contribution in [0.5, 0.6) is 0 Å². The Morgan fingerprint density at radius 2 is 1.63 bits per heavy atom. The van der Waals surface area contributed by atoms with E-state index in [2.05, 4.69) is 0 Å². The molecular formula is C15H19NO3. The largest absolute Gasteiger partial charge is 0.391 e. The second-order valence-corrected chi connectivity index (χ2v) is 5.45. The number of hydrogen-bond acceptors (Lipinski definition) is 3. The molecule has 19 heavy (non-hydrogen) atoms. The highest BCUT2D eigenvalue weighted by Gasteiger charge is 2.46. The lowest BCUT2D eigenvalue weighted by atomic mass is 9.91. The Balaban J connectivity index is 2.39. The summed E-state index contributed by atoms with van der Waals surface area (Å²) in [6.07, 6.45) is 0.633. The summed E-state index contributed by atoms with van der Waals surface area (Å²) in [5.41, 5.74) is -0.0584. The van der Waals surface area contributed by atoms with Crippen molar-refractivity contribution in [2.45, 2.75) is 45.3 Å². The first-order chi connectivity index (χ1) is 8.91. The monoisotopic (exact) mass is 261 g/mol. The summed E-state index contributed by atoms with van der Waals surface area (Å²) in [6.45, 7) is 5.42. The minimum absolute atomic E-state index is 0.319. The highest BCUT2D eigenvalue weighted by Crippen LogP contribution is 2.32. The van der Waals surface area contributed by atoms with Crippen LogP contribution < -0.4 is 0 Å². The number of imide groups is 1. The number of rotatable bonds is 4. The number of carbonyl (C=O) groups is 2. The molecule has 1 aliphatic heterocycles. The molecule has 1 atom stereocenters. The van der Waals surface area contributed by atoms with E-state index in [0.717, 1.165) is 6.42 Å². The van der Waals surface area contributed by atoms with Crippen LogP contribution in [0, 0.1) is 0 Å². The highest BCUT2D eigenvalue weighted by atomic mass is 16.3. The van der Waals surface area contributed by atoms with Crippen molar-refractivity contribution in [3.63, 3.8) is 0 Å². The third kappa shape index (κ3) is 2.06. The minimum Gasteiger partial charge on any atom is -0.391 e. The Morgan fingerprint density at radius 1 is 1.16 bits per heavy atom. The number of nitrogens with zero attached hydrogens (tertiary/aromatic N) is 1. The quantitative estimate of drug-likeness (QED) is 0.845. The average molecular weight is 261 g/mol. The molecule has 1 aliphatic rings. The Hall–Kier alpha value is -1.68. The summed E-state index contributed by atoms with van der Waals surface area (Å²) in [5, 5.41) is 10.2. The SMILES string of the molecule is CCCC(O)C(C)(C)N1C(=O)c2ccccc2C1=O. The molecule has 0 aromatic heterocycles. The van der Waals surface area contributed by atoms with Gasteiger partial charge in [-0.2, -0.15) is 0 Å². The van der Waals surface area contributed by atoms with Crippen LogP contribution >= 0.6 is 0 Å². The Morgan fingerprint density at radius 3 is 2.05 bits per heavy atom. The maximum Gasteiger partial charge on any atom is 0.262 e. The number of benzene rings is 1. The molecule has 0 bridgehead atoms. The molecule has 102 valence electrons. The number of aliphatic hydroxyl groups excluding tert-OH is 1. The number of hydrogen-bond donors (Lipinski definition) is 1. The Labute approximate surface area is 113 Å². The fraction of sp³-hybridized carbons (Fsp3) is 0.467. The van der Waals surface area contributed by atoms with Gasteiger partial charge in [-0.05, 0) is 32.4 Å². The first-order valence-corrected chi connectivity index (χ1v) is 6.57. The van der Waals surface area contributed by atoms with Crippen molar-refractivity contribution < 1.29 is 14.7 Å². The zero-order chi connectivity index (χ0) is 14.2.